The lowest BCUT2D eigenvalue weighted by molar-refractivity contribution is 0.207. The van der Waals surface area contributed by atoms with Crippen molar-refractivity contribution in [1.29, 1.82) is 5.26 Å². The largest absolute Gasteiger partial charge is 0.255 e. The predicted molar refractivity (Wildman–Crippen MR) is 184 cm³/mol. The van der Waals surface area contributed by atoms with Crippen molar-refractivity contribution in [2.24, 2.45) is 11.8 Å². The zero-order chi connectivity index (χ0) is 31.1. The molecule has 0 N–H and O–H groups in total. The Morgan fingerprint density at radius 2 is 1.24 bits per heavy atom. The van der Waals surface area contributed by atoms with Crippen molar-refractivity contribution in [3.63, 3.8) is 0 Å². The number of benzene rings is 4. The van der Waals surface area contributed by atoms with Crippen LogP contribution < -0.4 is 0 Å². The standard InChI is InChI=1S/C41H35N5/c1-2-41(24-28-8-9-29(23-28)25-41)35-20-18-31(19-21-35)30-14-16-34(17-15-30)39-44-38(33-12-10-27(26-42)11-13-33)45-40(46-39)36-7-3-5-32-6-4-22-43-37(32)36/h3-7,10-22,28-29H,2,8-9,23-25H2,1H3/t28-,29+,41?. The van der Waals surface area contributed by atoms with Gasteiger partial charge in [-0.05, 0) is 96.0 Å². The van der Waals surface area contributed by atoms with Gasteiger partial charge in [-0.25, -0.2) is 15.0 Å². The molecule has 2 fully saturated rings. The average molecular weight is 598 g/mol. The monoisotopic (exact) mass is 597 g/mol. The summed E-state index contributed by atoms with van der Waals surface area (Å²) in [5.74, 6) is 3.54. The molecule has 8 rings (SSSR count). The van der Waals surface area contributed by atoms with Gasteiger partial charge in [-0.1, -0.05) is 86.5 Å². The van der Waals surface area contributed by atoms with Gasteiger partial charge in [0.2, 0.25) is 0 Å². The van der Waals surface area contributed by atoms with Crippen LogP contribution in [0.25, 0.3) is 56.2 Å². The molecule has 1 unspecified atom stereocenters. The molecule has 0 spiro atoms. The van der Waals surface area contributed by atoms with Crippen LogP contribution in [-0.2, 0) is 5.41 Å². The summed E-state index contributed by atoms with van der Waals surface area (Å²) in [4.78, 5) is 19.4. The van der Waals surface area contributed by atoms with Crippen LogP contribution in [0.15, 0.2) is 109 Å². The van der Waals surface area contributed by atoms with E-state index in [-0.39, 0.29) is 0 Å². The molecule has 4 aromatic carbocycles. The van der Waals surface area contributed by atoms with E-state index >= 15 is 0 Å². The van der Waals surface area contributed by atoms with Gasteiger partial charge in [0.05, 0.1) is 17.1 Å². The molecule has 2 bridgehead atoms. The molecule has 224 valence electrons. The Morgan fingerprint density at radius 1 is 0.674 bits per heavy atom. The first-order chi connectivity index (χ1) is 22.6. The molecule has 2 heterocycles. The van der Waals surface area contributed by atoms with Crippen LogP contribution >= 0.6 is 0 Å². The topological polar surface area (TPSA) is 75.3 Å². The van der Waals surface area contributed by atoms with Gasteiger partial charge >= 0.3 is 0 Å². The van der Waals surface area contributed by atoms with Gasteiger partial charge < -0.3 is 0 Å². The number of hydrogen-bond acceptors (Lipinski definition) is 5. The number of hydrogen-bond donors (Lipinski definition) is 0. The zero-order valence-corrected chi connectivity index (χ0v) is 26.0. The number of fused-ring (bicyclic) bond motifs is 3. The van der Waals surface area contributed by atoms with Crippen molar-refractivity contribution in [2.45, 2.75) is 50.9 Å². The summed E-state index contributed by atoms with van der Waals surface area (Å²) in [6.45, 7) is 2.38. The third-order valence-electron chi connectivity index (χ3n) is 10.4. The van der Waals surface area contributed by atoms with E-state index in [9.17, 15) is 5.26 Å². The van der Waals surface area contributed by atoms with Gasteiger partial charge in [0.15, 0.2) is 17.5 Å². The van der Waals surface area contributed by atoms with Crippen LogP contribution in [0, 0.1) is 23.2 Å². The first kappa shape index (κ1) is 28.3. The van der Waals surface area contributed by atoms with E-state index in [0.717, 1.165) is 39.4 Å². The Labute approximate surface area is 270 Å². The van der Waals surface area contributed by atoms with E-state index in [1.807, 2.05) is 42.5 Å². The predicted octanol–water partition coefficient (Wildman–Crippen LogP) is 9.82. The molecule has 6 aromatic rings. The lowest BCUT2D eigenvalue weighted by Crippen LogP contribution is -2.33. The third-order valence-corrected chi connectivity index (χ3v) is 10.4. The van der Waals surface area contributed by atoms with Gasteiger partial charge in [0.1, 0.15) is 0 Å². The Kier molecular flexibility index (Phi) is 7.14. The molecule has 2 aliphatic carbocycles. The van der Waals surface area contributed by atoms with Crippen LogP contribution in [0.2, 0.25) is 0 Å². The van der Waals surface area contributed by atoms with Crippen molar-refractivity contribution in [3.05, 3.63) is 120 Å². The fourth-order valence-corrected chi connectivity index (χ4v) is 8.03. The molecule has 0 saturated heterocycles. The second-order valence-electron chi connectivity index (χ2n) is 13.1. The molecule has 2 aromatic heterocycles. The van der Waals surface area contributed by atoms with E-state index in [2.05, 4.69) is 66.5 Å². The number of nitrogens with zero attached hydrogens (tertiary/aromatic N) is 5. The Balaban J connectivity index is 1.14. The third kappa shape index (κ3) is 5.14. The van der Waals surface area contributed by atoms with Crippen molar-refractivity contribution >= 4 is 10.9 Å². The van der Waals surface area contributed by atoms with Crippen LogP contribution in [0.4, 0.5) is 0 Å². The van der Waals surface area contributed by atoms with Crippen molar-refractivity contribution in [2.75, 3.05) is 0 Å². The number of aromatic nitrogens is 4. The molecular formula is C41H35N5. The molecule has 2 aliphatic rings. The van der Waals surface area contributed by atoms with E-state index < -0.39 is 0 Å². The van der Waals surface area contributed by atoms with Crippen LogP contribution in [-0.4, -0.2) is 19.9 Å². The quantitative estimate of drug-likeness (QED) is 0.191. The SMILES string of the molecule is CCC1(c2ccc(-c3ccc(-c4nc(-c5ccc(C#N)cc5)nc(-c5cccc6cccnc56)n4)cc3)cc2)C[C@@H]2CC[C@@H](C2)C1. The minimum absolute atomic E-state index is 0.342. The smallest absolute Gasteiger partial charge is 0.166 e. The lowest BCUT2D eigenvalue weighted by Gasteiger charge is -2.41. The second kappa shape index (κ2) is 11.6. The van der Waals surface area contributed by atoms with Crippen LogP contribution in [0.5, 0.6) is 0 Å². The highest BCUT2D eigenvalue weighted by atomic mass is 15.0. The maximum absolute atomic E-state index is 9.31. The summed E-state index contributed by atoms with van der Waals surface area (Å²) < 4.78 is 0. The molecule has 0 amide bonds. The van der Waals surface area contributed by atoms with E-state index in [1.165, 1.54) is 55.2 Å². The Hall–Kier alpha value is -5.21. The number of nitriles is 1. The lowest BCUT2D eigenvalue weighted by atomic mass is 9.64. The Morgan fingerprint density at radius 3 is 1.87 bits per heavy atom. The van der Waals surface area contributed by atoms with Crippen molar-refractivity contribution in [3.8, 4) is 51.4 Å². The summed E-state index contributed by atoms with van der Waals surface area (Å²) in [5.41, 5.74) is 8.27. The molecule has 2 saturated carbocycles. The molecule has 0 aliphatic heterocycles. The van der Waals surface area contributed by atoms with Gasteiger partial charge in [-0.3, -0.25) is 4.98 Å². The fourth-order valence-electron chi connectivity index (χ4n) is 8.03. The Bertz CT molecular complexity index is 2060. The summed E-state index contributed by atoms with van der Waals surface area (Å²) >= 11 is 0. The molecule has 3 atom stereocenters. The summed E-state index contributed by atoms with van der Waals surface area (Å²) in [7, 11) is 0. The zero-order valence-electron chi connectivity index (χ0n) is 26.0. The first-order valence-electron chi connectivity index (χ1n) is 16.4. The number of pyridine rings is 1. The highest BCUT2D eigenvalue weighted by Gasteiger charge is 2.43. The number of rotatable bonds is 6. The molecule has 5 nitrogen and oxygen atoms in total. The maximum atomic E-state index is 9.31. The average Bonchev–Trinajstić information content (AvgIpc) is 3.48. The summed E-state index contributed by atoms with van der Waals surface area (Å²) in [6.07, 6.45) is 10.0. The molecular weight excluding hydrogens is 562 g/mol. The number of para-hydroxylation sites is 1. The summed E-state index contributed by atoms with van der Waals surface area (Å²) in [6, 6.07) is 37.5. The minimum Gasteiger partial charge on any atom is -0.255 e. The molecule has 0 radical (unpaired) electrons. The van der Waals surface area contributed by atoms with Crippen molar-refractivity contribution < 1.29 is 0 Å². The van der Waals surface area contributed by atoms with Gasteiger partial charge in [-0.2, -0.15) is 5.26 Å². The van der Waals surface area contributed by atoms with E-state index in [1.54, 1.807) is 18.3 Å². The van der Waals surface area contributed by atoms with Crippen LogP contribution in [0.1, 0.15) is 56.6 Å². The van der Waals surface area contributed by atoms with Gasteiger partial charge in [0.25, 0.3) is 0 Å². The van der Waals surface area contributed by atoms with Crippen molar-refractivity contribution in [1.82, 2.24) is 19.9 Å². The van der Waals surface area contributed by atoms with E-state index in [0.29, 0.717) is 28.5 Å². The highest BCUT2D eigenvalue weighted by molar-refractivity contribution is 5.92. The first-order valence-corrected chi connectivity index (χ1v) is 16.4. The second-order valence-corrected chi connectivity index (χ2v) is 13.1. The van der Waals surface area contributed by atoms with Gasteiger partial charge in [0, 0.05) is 28.3 Å². The highest BCUT2D eigenvalue weighted by Crippen LogP contribution is 2.53. The minimum atomic E-state index is 0.342. The maximum Gasteiger partial charge on any atom is 0.166 e. The molecule has 46 heavy (non-hydrogen) atoms. The normalized spacial score (nSPS) is 20.4. The fraction of sp³-hybridized carbons (Fsp3) is 0.244. The van der Waals surface area contributed by atoms with Gasteiger partial charge in [-0.15, -0.1) is 0 Å². The molecule has 5 heteroatoms. The van der Waals surface area contributed by atoms with E-state index in [4.69, 9.17) is 15.0 Å². The van der Waals surface area contributed by atoms with Crippen LogP contribution in [0.3, 0.4) is 0 Å². The summed E-state index contributed by atoms with van der Waals surface area (Å²) in [5, 5.41) is 10.3.